The first-order valence-corrected chi connectivity index (χ1v) is 13.2. The van der Waals surface area contributed by atoms with Gasteiger partial charge in [-0.2, -0.15) is 0 Å². The average Bonchev–Trinajstić information content (AvgIpc) is 3.55. The van der Waals surface area contributed by atoms with Crippen LogP contribution < -0.4 is 0 Å². The Labute approximate surface area is 225 Å². The number of aryl methyl sites for hydroxylation is 1. The summed E-state index contributed by atoms with van der Waals surface area (Å²) in [6.45, 7) is 4.27. The van der Waals surface area contributed by atoms with Gasteiger partial charge in [0.25, 0.3) is 5.91 Å². The van der Waals surface area contributed by atoms with Crippen molar-refractivity contribution in [2.75, 3.05) is 0 Å². The van der Waals surface area contributed by atoms with E-state index in [9.17, 15) is 4.79 Å². The maximum atomic E-state index is 14.1. The van der Waals surface area contributed by atoms with E-state index in [1.807, 2.05) is 59.2 Å². The zero-order chi connectivity index (χ0) is 26.3. The van der Waals surface area contributed by atoms with Gasteiger partial charge in [-0.15, -0.1) is 0 Å². The van der Waals surface area contributed by atoms with Crippen LogP contribution in [0.1, 0.15) is 39.8 Å². The molecule has 0 amide bonds. The van der Waals surface area contributed by atoms with Gasteiger partial charge in [0.1, 0.15) is 17.0 Å². The molecule has 8 rings (SSSR count). The van der Waals surface area contributed by atoms with Gasteiger partial charge in [0.2, 0.25) is 0 Å². The molecule has 0 N–H and O–H groups in total. The molecule has 1 aliphatic heterocycles. The minimum atomic E-state index is -0.585. The average molecular weight is 505 g/mol. The highest BCUT2D eigenvalue weighted by Crippen LogP contribution is 2.45. The number of fused-ring (bicyclic) bond motifs is 7. The Morgan fingerprint density at radius 1 is 0.769 bits per heavy atom. The summed E-state index contributed by atoms with van der Waals surface area (Å²) in [5.74, 6) is 0.700. The van der Waals surface area contributed by atoms with E-state index in [0.717, 1.165) is 61.1 Å². The molecule has 39 heavy (non-hydrogen) atoms. The van der Waals surface area contributed by atoms with Gasteiger partial charge in [0.05, 0.1) is 16.4 Å². The minimum absolute atomic E-state index is 0.0446. The summed E-state index contributed by atoms with van der Waals surface area (Å²) in [4.78, 5) is 19.2. The number of nitrogens with zero attached hydrogens (tertiary/aromatic N) is 2. The van der Waals surface area contributed by atoms with Gasteiger partial charge in [0, 0.05) is 16.3 Å². The van der Waals surface area contributed by atoms with E-state index < -0.39 is 5.41 Å². The lowest BCUT2D eigenvalue weighted by Crippen LogP contribution is -2.38. The van der Waals surface area contributed by atoms with Crippen molar-refractivity contribution in [2.45, 2.75) is 19.3 Å². The van der Waals surface area contributed by atoms with Gasteiger partial charge in [-0.3, -0.25) is 9.36 Å². The van der Waals surface area contributed by atoms with E-state index in [4.69, 9.17) is 9.40 Å². The van der Waals surface area contributed by atoms with Crippen LogP contribution in [0.2, 0.25) is 0 Å². The molecular formula is C35H24N2O2. The molecular weight excluding hydrogens is 480 g/mol. The Hall–Kier alpha value is -4.96. The molecule has 3 heterocycles. The van der Waals surface area contributed by atoms with E-state index in [-0.39, 0.29) is 5.91 Å². The zero-order valence-electron chi connectivity index (χ0n) is 21.6. The molecule has 2 aromatic heterocycles. The topological polar surface area (TPSA) is 48.0 Å². The van der Waals surface area contributed by atoms with Crippen LogP contribution in [0.5, 0.6) is 0 Å². The van der Waals surface area contributed by atoms with Crippen LogP contribution in [0.3, 0.4) is 0 Å². The monoisotopic (exact) mass is 504 g/mol. The molecule has 5 aromatic carbocycles. The van der Waals surface area contributed by atoms with E-state index in [0.29, 0.717) is 5.56 Å². The molecule has 0 saturated carbocycles. The van der Waals surface area contributed by atoms with E-state index >= 15 is 0 Å². The summed E-state index contributed by atoms with van der Waals surface area (Å²) < 4.78 is 7.97. The largest absolute Gasteiger partial charge is 0.456 e. The summed E-state index contributed by atoms with van der Waals surface area (Å²) in [5, 5.41) is 2.16. The highest BCUT2D eigenvalue weighted by Gasteiger charge is 2.44. The summed E-state index contributed by atoms with van der Waals surface area (Å²) in [6, 6.07) is 37.0. The second kappa shape index (κ2) is 7.78. The quantitative estimate of drug-likeness (QED) is 0.238. The molecule has 4 nitrogen and oxygen atoms in total. The number of carbonyl (C=O) groups is 1. The first kappa shape index (κ1) is 22.1. The number of imidazole rings is 1. The first-order chi connectivity index (χ1) is 19.0. The van der Waals surface area contributed by atoms with Crippen LogP contribution in [-0.4, -0.2) is 15.5 Å². The normalized spacial score (nSPS) is 16.6. The lowest BCUT2D eigenvalue weighted by molar-refractivity contribution is 0.0949. The van der Waals surface area contributed by atoms with Gasteiger partial charge in [-0.05, 0) is 66.4 Å². The van der Waals surface area contributed by atoms with Crippen LogP contribution >= 0.6 is 0 Å². The van der Waals surface area contributed by atoms with Crippen LogP contribution in [0.25, 0.3) is 44.1 Å². The van der Waals surface area contributed by atoms with E-state index in [1.54, 1.807) is 0 Å². The number of aromatic nitrogens is 2. The van der Waals surface area contributed by atoms with Crippen molar-refractivity contribution in [1.82, 2.24) is 9.55 Å². The van der Waals surface area contributed by atoms with Crippen LogP contribution in [-0.2, 0) is 5.41 Å². The predicted octanol–water partition coefficient (Wildman–Crippen LogP) is 8.27. The predicted molar refractivity (Wildman–Crippen MR) is 155 cm³/mol. The maximum absolute atomic E-state index is 14.1. The number of rotatable bonds is 2. The molecule has 0 fully saturated rings. The first-order valence-electron chi connectivity index (χ1n) is 13.2. The summed E-state index contributed by atoms with van der Waals surface area (Å²) in [5.41, 5.74) is 8.83. The van der Waals surface area contributed by atoms with Crippen molar-refractivity contribution in [1.29, 1.82) is 0 Å². The van der Waals surface area contributed by atoms with Gasteiger partial charge in [-0.1, -0.05) is 84.4 Å². The SMILES string of the molecule is Cc1ccc(C2(C)c3ccccc3C(=O)n3c2nc2ccc(-c4cccc5oc6ccccc6c45)cc23)cc1. The van der Waals surface area contributed by atoms with Crippen molar-refractivity contribution in [3.63, 3.8) is 0 Å². The third-order valence-electron chi connectivity index (χ3n) is 8.34. The van der Waals surface area contributed by atoms with Crippen molar-refractivity contribution in [3.8, 4) is 11.1 Å². The Morgan fingerprint density at radius 2 is 1.51 bits per heavy atom. The summed E-state index contributed by atoms with van der Waals surface area (Å²) in [6.07, 6.45) is 0. The number of hydrogen-bond donors (Lipinski definition) is 0. The molecule has 7 aromatic rings. The molecule has 1 unspecified atom stereocenters. The van der Waals surface area contributed by atoms with Crippen molar-refractivity contribution in [3.05, 3.63) is 137 Å². The molecule has 4 heteroatoms. The van der Waals surface area contributed by atoms with Crippen molar-refractivity contribution < 1.29 is 9.21 Å². The van der Waals surface area contributed by atoms with E-state index in [2.05, 4.69) is 68.4 Å². The van der Waals surface area contributed by atoms with Gasteiger partial charge in [0.15, 0.2) is 0 Å². The molecule has 1 aliphatic rings. The molecule has 0 aliphatic carbocycles. The third kappa shape index (κ3) is 2.94. The maximum Gasteiger partial charge on any atom is 0.264 e. The second-order valence-electron chi connectivity index (χ2n) is 10.6. The fourth-order valence-electron chi connectivity index (χ4n) is 6.32. The lowest BCUT2D eigenvalue weighted by atomic mass is 9.71. The molecule has 1 atom stereocenters. The molecule has 0 radical (unpaired) electrons. The number of furan rings is 1. The lowest BCUT2D eigenvalue weighted by Gasteiger charge is -2.36. The van der Waals surface area contributed by atoms with Crippen molar-refractivity contribution in [2.24, 2.45) is 0 Å². The number of carbonyl (C=O) groups excluding carboxylic acids is 1. The highest BCUT2D eigenvalue weighted by atomic mass is 16.3. The minimum Gasteiger partial charge on any atom is -0.456 e. The highest BCUT2D eigenvalue weighted by molar-refractivity contribution is 6.13. The standard InChI is InChI=1S/C35H24N2O2/c1-21-14-17-23(18-15-21)35(2)27-11-5-3-8-25(27)33(38)37-29-20-22(16-19-28(29)36-34(35)37)24-10-7-13-31-32(24)26-9-4-6-12-30(26)39-31/h3-20H,1-2H3. The second-order valence-corrected chi connectivity index (χ2v) is 10.6. The summed E-state index contributed by atoms with van der Waals surface area (Å²) >= 11 is 0. The fourth-order valence-corrected chi connectivity index (χ4v) is 6.32. The molecule has 186 valence electrons. The smallest absolute Gasteiger partial charge is 0.264 e. The van der Waals surface area contributed by atoms with Gasteiger partial charge >= 0.3 is 0 Å². The van der Waals surface area contributed by atoms with Crippen LogP contribution in [0.15, 0.2) is 114 Å². The number of benzene rings is 5. The third-order valence-corrected chi connectivity index (χ3v) is 8.34. The van der Waals surface area contributed by atoms with Crippen molar-refractivity contribution >= 4 is 38.9 Å². The van der Waals surface area contributed by atoms with Crippen LogP contribution in [0.4, 0.5) is 0 Å². The Morgan fingerprint density at radius 3 is 2.38 bits per heavy atom. The molecule has 0 saturated heterocycles. The Bertz CT molecular complexity index is 2110. The molecule has 0 bridgehead atoms. The zero-order valence-corrected chi connectivity index (χ0v) is 21.6. The summed E-state index contributed by atoms with van der Waals surface area (Å²) in [7, 11) is 0. The van der Waals surface area contributed by atoms with E-state index in [1.165, 1.54) is 5.56 Å². The van der Waals surface area contributed by atoms with Crippen LogP contribution in [0, 0.1) is 6.92 Å². The number of para-hydroxylation sites is 1. The molecule has 0 spiro atoms. The van der Waals surface area contributed by atoms with Gasteiger partial charge in [-0.25, -0.2) is 4.98 Å². The fraction of sp³-hybridized carbons (Fsp3) is 0.0857. The Balaban J connectivity index is 1.42. The Kier molecular flexibility index (Phi) is 4.40. The number of hydrogen-bond acceptors (Lipinski definition) is 3. The van der Waals surface area contributed by atoms with Gasteiger partial charge < -0.3 is 4.42 Å².